The smallest absolute Gasteiger partial charge is 0.253 e. The molecule has 1 amide bonds. The lowest BCUT2D eigenvalue weighted by Gasteiger charge is -2.25. The Hall–Kier alpha value is -1.55. The van der Waals surface area contributed by atoms with Crippen LogP contribution in [0.3, 0.4) is 0 Å². The van der Waals surface area contributed by atoms with Crippen molar-refractivity contribution in [3.63, 3.8) is 0 Å². The highest BCUT2D eigenvalue weighted by atomic mass is 16.3. The quantitative estimate of drug-likeness (QED) is 0.886. The van der Waals surface area contributed by atoms with E-state index in [2.05, 4.69) is 5.32 Å². The van der Waals surface area contributed by atoms with E-state index in [0.717, 1.165) is 32.0 Å². The van der Waals surface area contributed by atoms with E-state index in [0.29, 0.717) is 11.1 Å². The van der Waals surface area contributed by atoms with Gasteiger partial charge in [0.1, 0.15) is 5.75 Å². The molecule has 4 heteroatoms. The summed E-state index contributed by atoms with van der Waals surface area (Å²) < 4.78 is 0. The van der Waals surface area contributed by atoms with Crippen molar-refractivity contribution < 1.29 is 9.90 Å². The van der Waals surface area contributed by atoms with Crippen LogP contribution in [0.4, 0.5) is 0 Å². The predicted molar refractivity (Wildman–Crippen MR) is 80.0 cm³/mol. The third-order valence-corrected chi connectivity index (χ3v) is 4.21. The van der Waals surface area contributed by atoms with Crippen LogP contribution in [0.1, 0.15) is 35.2 Å². The molecule has 1 saturated heterocycles. The zero-order valence-electron chi connectivity index (χ0n) is 12.4. The Morgan fingerprint density at radius 1 is 1.40 bits per heavy atom. The van der Waals surface area contributed by atoms with Crippen molar-refractivity contribution >= 4 is 5.91 Å². The molecule has 1 aliphatic rings. The third kappa shape index (κ3) is 3.51. The van der Waals surface area contributed by atoms with Gasteiger partial charge in [0.2, 0.25) is 0 Å². The number of piperidine rings is 1. The number of nitrogens with zero attached hydrogens (tertiary/aromatic N) is 1. The first-order chi connectivity index (χ1) is 9.59. The van der Waals surface area contributed by atoms with Crippen LogP contribution in [0.2, 0.25) is 0 Å². The summed E-state index contributed by atoms with van der Waals surface area (Å²) in [6, 6.07) is 5.11. The number of nitrogens with one attached hydrogen (secondary N) is 1. The molecule has 20 heavy (non-hydrogen) atoms. The first kappa shape index (κ1) is 14.9. The van der Waals surface area contributed by atoms with E-state index in [4.69, 9.17) is 0 Å². The van der Waals surface area contributed by atoms with Gasteiger partial charge in [0.15, 0.2) is 0 Å². The summed E-state index contributed by atoms with van der Waals surface area (Å²) in [6.07, 6.45) is 3.46. The number of phenols is 1. The molecular weight excluding hydrogens is 252 g/mol. The first-order valence-corrected chi connectivity index (χ1v) is 7.34. The zero-order chi connectivity index (χ0) is 14.5. The maximum atomic E-state index is 12.4. The summed E-state index contributed by atoms with van der Waals surface area (Å²) in [5.74, 6) is 0.895. The van der Waals surface area contributed by atoms with Gasteiger partial charge in [0.25, 0.3) is 5.91 Å². The summed E-state index contributed by atoms with van der Waals surface area (Å²) in [5, 5.41) is 13.0. The summed E-state index contributed by atoms with van der Waals surface area (Å²) in [4.78, 5) is 14.2. The molecule has 0 aliphatic carbocycles. The molecule has 0 spiro atoms. The fourth-order valence-electron chi connectivity index (χ4n) is 2.71. The van der Waals surface area contributed by atoms with Gasteiger partial charge >= 0.3 is 0 Å². The summed E-state index contributed by atoms with van der Waals surface area (Å²) in [7, 11) is 1.84. The second-order valence-corrected chi connectivity index (χ2v) is 5.66. The summed E-state index contributed by atoms with van der Waals surface area (Å²) in [6.45, 7) is 4.74. The van der Waals surface area contributed by atoms with Crippen LogP contribution in [0.5, 0.6) is 5.75 Å². The minimum absolute atomic E-state index is 0.00710. The Kier molecular flexibility index (Phi) is 5.01. The predicted octanol–water partition coefficient (Wildman–Crippen LogP) is 2.16. The van der Waals surface area contributed by atoms with Crippen molar-refractivity contribution in [3.8, 4) is 5.75 Å². The number of benzene rings is 1. The standard InChI is InChI=1S/C16H24N2O2/c1-12-14(4-3-5-15(12)19)16(20)18(2)11-8-13-6-9-17-10-7-13/h3-5,13,17,19H,6-11H2,1-2H3. The van der Waals surface area contributed by atoms with E-state index in [-0.39, 0.29) is 11.7 Å². The minimum atomic E-state index is -0.00710. The van der Waals surface area contributed by atoms with Gasteiger partial charge < -0.3 is 15.3 Å². The van der Waals surface area contributed by atoms with E-state index in [1.807, 2.05) is 7.05 Å². The Labute approximate surface area is 120 Å². The van der Waals surface area contributed by atoms with E-state index in [9.17, 15) is 9.90 Å². The van der Waals surface area contributed by atoms with E-state index in [1.54, 1.807) is 30.0 Å². The summed E-state index contributed by atoms with van der Waals surface area (Å²) >= 11 is 0. The Bertz CT molecular complexity index is 468. The highest BCUT2D eigenvalue weighted by Gasteiger charge is 2.18. The SMILES string of the molecule is Cc1c(O)cccc1C(=O)N(C)CCC1CCNCC1. The van der Waals surface area contributed by atoms with Crippen molar-refractivity contribution in [2.75, 3.05) is 26.7 Å². The molecule has 1 aromatic rings. The number of rotatable bonds is 4. The topological polar surface area (TPSA) is 52.6 Å². The lowest BCUT2D eigenvalue weighted by Crippen LogP contribution is -2.32. The molecule has 1 aliphatic heterocycles. The minimum Gasteiger partial charge on any atom is -0.508 e. The second-order valence-electron chi connectivity index (χ2n) is 5.66. The third-order valence-electron chi connectivity index (χ3n) is 4.21. The van der Waals surface area contributed by atoms with Gasteiger partial charge in [-0.1, -0.05) is 6.07 Å². The molecule has 1 fully saturated rings. The van der Waals surface area contributed by atoms with Crippen LogP contribution in [0, 0.1) is 12.8 Å². The number of carbonyl (C=O) groups excluding carboxylic acids is 1. The van der Waals surface area contributed by atoms with Gasteiger partial charge in [-0.2, -0.15) is 0 Å². The first-order valence-electron chi connectivity index (χ1n) is 7.34. The fourth-order valence-corrected chi connectivity index (χ4v) is 2.71. The molecule has 0 unspecified atom stereocenters. The van der Waals surface area contributed by atoms with Crippen molar-refractivity contribution in [3.05, 3.63) is 29.3 Å². The molecule has 0 atom stereocenters. The molecule has 0 bridgehead atoms. The Morgan fingerprint density at radius 2 is 2.10 bits per heavy atom. The van der Waals surface area contributed by atoms with Crippen LogP contribution in [-0.4, -0.2) is 42.6 Å². The molecule has 0 radical (unpaired) electrons. The highest BCUT2D eigenvalue weighted by molar-refractivity contribution is 5.96. The molecule has 1 heterocycles. The van der Waals surface area contributed by atoms with Crippen molar-refractivity contribution in [2.24, 2.45) is 5.92 Å². The van der Waals surface area contributed by atoms with Crippen LogP contribution < -0.4 is 5.32 Å². The van der Waals surface area contributed by atoms with Crippen molar-refractivity contribution in [1.82, 2.24) is 10.2 Å². The average Bonchev–Trinajstić information content (AvgIpc) is 2.48. The molecule has 2 rings (SSSR count). The average molecular weight is 276 g/mol. The lowest BCUT2D eigenvalue weighted by atomic mass is 9.94. The van der Waals surface area contributed by atoms with Gasteiger partial charge in [0.05, 0.1) is 0 Å². The van der Waals surface area contributed by atoms with Gasteiger partial charge in [-0.15, -0.1) is 0 Å². The van der Waals surface area contributed by atoms with Gasteiger partial charge in [-0.05, 0) is 57.3 Å². The van der Waals surface area contributed by atoms with Crippen molar-refractivity contribution in [1.29, 1.82) is 0 Å². The molecule has 1 aromatic carbocycles. The lowest BCUT2D eigenvalue weighted by molar-refractivity contribution is 0.0783. The molecular formula is C16H24N2O2. The van der Waals surface area contributed by atoms with Crippen LogP contribution in [-0.2, 0) is 0 Å². The number of amides is 1. The van der Waals surface area contributed by atoms with Crippen molar-refractivity contribution in [2.45, 2.75) is 26.2 Å². The van der Waals surface area contributed by atoms with Crippen LogP contribution >= 0.6 is 0 Å². The Balaban J connectivity index is 1.92. The zero-order valence-corrected chi connectivity index (χ0v) is 12.4. The maximum Gasteiger partial charge on any atom is 0.253 e. The largest absolute Gasteiger partial charge is 0.508 e. The fraction of sp³-hybridized carbons (Fsp3) is 0.562. The number of hydrogen-bond acceptors (Lipinski definition) is 3. The number of aromatic hydroxyl groups is 1. The van der Waals surface area contributed by atoms with Gasteiger partial charge in [-0.25, -0.2) is 0 Å². The second kappa shape index (κ2) is 6.75. The number of hydrogen-bond donors (Lipinski definition) is 2. The Morgan fingerprint density at radius 3 is 2.80 bits per heavy atom. The molecule has 0 saturated carbocycles. The number of phenolic OH excluding ortho intramolecular Hbond substituents is 1. The van der Waals surface area contributed by atoms with Crippen LogP contribution in [0.15, 0.2) is 18.2 Å². The normalized spacial score (nSPS) is 16.1. The maximum absolute atomic E-state index is 12.4. The van der Waals surface area contributed by atoms with Gasteiger partial charge in [-0.3, -0.25) is 4.79 Å². The monoisotopic (exact) mass is 276 g/mol. The molecule has 110 valence electrons. The van der Waals surface area contributed by atoms with E-state index >= 15 is 0 Å². The number of carbonyl (C=O) groups is 1. The summed E-state index contributed by atoms with van der Waals surface area (Å²) in [5.41, 5.74) is 1.25. The van der Waals surface area contributed by atoms with E-state index in [1.165, 1.54) is 12.8 Å². The van der Waals surface area contributed by atoms with E-state index < -0.39 is 0 Å². The molecule has 2 N–H and O–H groups in total. The highest BCUT2D eigenvalue weighted by Crippen LogP contribution is 2.21. The van der Waals surface area contributed by atoms with Crippen LogP contribution in [0.25, 0.3) is 0 Å². The molecule has 4 nitrogen and oxygen atoms in total. The van der Waals surface area contributed by atoms with Gasteiger partial charge in [0, 0.05) is 24.7 Å². The molecule has 0 aromatic heterocycles.